The lowest BCUT2D eigenvalue weighted by Crippen LogP contribution is -2.08. The van der Waals surface area contributed by atoms with Gasteiger partial charge in [-0.25, -0.2) is 0 Å². The minimum Gasteiger partial charge on any atom is -0.360 e. The van der Waals surface area contributed by atoms with Gasteiger partial charge >= 0.3 is 0 Å². The van der Waals surface area contributed by atoms with Gasteiger partial charge in [-0.15, -0.1) is 0 Å². The maximum Gasteiger partial charge on any atom is 0.0428 e. The monoisotopic (exact) mass is 214 g/mol. The molecule has 60 valence electrons. The van der Waals surface area contributed by atoms with E-state index in [4.69, 9.17) is 0 Å². The third kappa shape index (κ3) is 1.03. The molecule has 0 bridgehead atoms. The molecule has 0 fully saturated rings. The molecule has 2 heterocycles. The van der Waals surface area contributed by atoms with Gasteiger partial charge in [0.1, 0.15) is 0 Å². The van der Waals surface area contributed by atoms with E-state index in [-0.39, 0.29) is 0 Å². The van der Waals surface area contributed by atoms with Crippen molar-refractivity contribution in [2.75, 3.05) is 7.05 Å². The smallest absolute Gasteiger partial charge is 0.0428 e. The molecule has 0 radical (unpaired) electrons. The Morgan fingerprint density at radius 2 is 2.18 bits per heavy atom. The quantitative estimate of drug-likeness (QED) is 0.701. The lowest BCUT2D eigenvalue weighted by Gasteiger charge is -2.05. The van der Waals surface area contributed by atoms with Crippen LogP contribution < -0.4 is 0 Å². The van der Waals surface area contributed by atoms with E-state index < -0.39 is 0 Å². The number of fused-ring (bicyclic) bond motifs is 1. The molecule has 1 aliphatic heterocycles. The highest BCUT2D eigenvalue weighted by molar-refractivity contribution is 9.10. The van der Waals surface area contributed by atoms with E-state index in [1.165, 1.54) is 21.4 Å². The van der Waals surface area contributed by atoms with Crippen molar-refractivity contribution in [3.8, 4) is 0 Å². The first-order valence-electron chi connectivity index (χ1n) is 3.73. The van der Waals surface area contributed by atoms with Crippen LogP contribution >= 0.6 is 15.9 Å². The number of aromatic nitrogens is 1. The molecule has 11 heavy (non-hydrogen) atoms. The topological polar surface area (TPSA) is 19.0 Å². The second-order valence-electron chi connectivity index (χ2n) is 3.19. The minimum atomic E-state index is 1.06. The first-order valence-corrected chi connectivity index (χ1v) is 4.52. The zero-order chi connectivity index (χ0) is 8.01. The Hall–Kier alpha value is -0.280. The first-order chi connectivity index (χ1) is 5.18. The molecule has 0 aliphatic carbocycles. The second kappa shape index (κ2) is 2.35. The average Bonchev–Trinajstić information content (AvgIpc) is 2.37. The van der Waals surface area contributed by atoms with Gasteiger partial charge in [0.05, 0.1) is 0 Å². The first kappa shape index (κ1) is 7.37. The number of hydrogen-bond acceptors (Lipinski definition) is 1. The molecule has 1 aliphatic rings. The van der Waals surface area contributed by atoms with Crippen LogP contribution in [0, 0.1) is 6.92 Å². The van der Waals surface area contributed by atoms with E-state index in [1.807, 2.05) is 0 Å². The standard InChI is InChI=1S/C8H11BrN2/c1-5-8(9)6-3-11(2)4-7(6)10-5/h10H,3-4H2,1-2H3. The van der Waals surface area contributed by atoms with E-state index in [9.17, 15) is 0 Å². The summed E-state index contributed by atoms with van der Waals surface area (Å²) in [7, 11) is 2.13. The molecule has 0 aromatic carbocycles. The summed E-state index contributed by atoms with van der Waals surface area (Å²) in [5.41, 5.74) is 4.06. The fourth-order valence-electron chi connectivity index (χ4n) is 1.61. The number of nitrogens with one attached hydrogen (secondary N) is 1. The van der Waals surface area contributed by atoms with Crippen molar-refractivity contribution in [1.29, 1.82) is 0 Å². The molecule has 3 heteroatoms. The van der Waals surface area contributed by atoms with Crippen LogP contribution in [0.15, 0.2) is 4.47 Å². The summed E-state index contributed by atoms with van der Waals surface area (Å²) in [6.45, 7) is 4.23. The highest BCUT2D eigenvalue weighted by Crippen LogP contribution is 2.30. The summed E-state index contributed by atoms with van der Waals surface area (Å²) >= 11 is 3.57. The normalized spacial score (nSPS) is 17.4. The lowest BCUT2D eigenvalue weighted by molar-refractivity contribution is 0.349. The maximum atomic E-state index is 3.57. The van der Waals surface area contributed by atoms with Crippen LogP contribution in [0.1, 0.15) is 17.0 Å². The molecule has 0 unspecified atom stereocenters. The van der Waals surface area contributed by atoms with E-state index in [0.717, 1.165) is 13.1 Å². The number of aromatic amines is 1. The second-order valence-corrected chi connectivity index (χ2v) is 3.99. The number of nitrogens with zero attached hydrogens (tertiary/aromatic N) is 1. The molecular weight excluding hydrogens is 204 g/mol. The Morgan fingerprint density at radius 3 is 2.82 bits per heavy atom. The number of halogens is 1. The van der Waals surface area contributed by atoms with Gasteiger partial charge in [-0.05, 0) is 29.9 Å². The van der Waals surface area contributed by atoms with Crippen molar-refractivity contribution in [2.45, 2.75) is 20.0 Å². The summed E-state index contributed by atoms with van der Waals surface area (Å²) in [6.07, 6.45) is 0. The number of rotatable bonds is 0. The van der Waals surface area contributed by atoms with Crippen molar-refractivity contribution in [3.05, 3.63) is 21.4 Å². The number of hydrogen-bond donors (Lipinski definition) is 1. The predicted octanol–water partition coefficient (Wildman–Crippen LogP) is 2.03. The average molecular weight is 215 g/mol. The molecule has 2 rings (SSSR count). The van der Waals surface area contributed by atoms with Crippen molar-refractivity contribution in [1.82, 2.24) is 9.88 Å². The van der Waals surface area contributed by atoms with Crippen LogP contribution in [0.4, 0.5) is 0 Å². The Balaban J connectivity index is 2.48. The van der Waals surface area contributed by atoms with Gasteiger partial charge < -0.3 is 4.98 Å². The Morgan fingerprint density at radius 1 is 1.45 bits per heavy atom. The van der Waals surface area contributed by atoms with E-state index in [1.54, 1.807) is 0 Å². The van der Waals surface area contributed by atoms with Gasteiger partial charge in [-0.2, -0.15) is 0 Å². The zero-order valence-corrected chi connectivity index (χ0v) is 8.33. The van der Waals surface area contributed by atoms with Crippen molar-refractivity contribution < 1.29 is 0 Å². The Labute approximate surface area is 74.7 Å². The van der Waals surface area contributed by atoms with Gasteiger partial charge in [0, 0.05) is 34.5 Å². The number of H-pyrrole nitrogens is 1. The van der Waals surface area contributed by atoms with Crippen molar-refractivity contribution in [2.24, 2.45) is 0 Å². The summed E-state index contributed by atoms with van der Waals surface area (Å²) in [4.78, 5) is 5.66. The molecule has 0 amide bonds. The van der Waals surface area contributed by atoms with Crippen molar-refractivity contribution in [3.63, 3.8) is 0 Å². The molecule has 0 atom stereocenters. The van der Waals surface area contributed by atoms with E-state index in [0.29, 0.717) is 0 Å². The van der Waals surface area contributed by atoms with Crippen LogP contribution in [0.3, 0.4) is 0 Å². The molecule has 2 nitrogen and oxygen atoms in total. The fourth-order valence-corrected chi connectivity index (χ4v) is 2.07. The highest BCUT2D eigenvalue weighted by atomic mass is 79.9. The molecule has 1 aromatic heterocycles. The van der Waals surface area contributed by atoms with Crippen LogP contribution in [-0.4, -0.2) is 16.9 Å². The van der Waals surface area contributed by atoms with Crippen LogP contribution in [-0.2, 0) is 13.1 Å². The zero-order valence-electron chi connectivity index (χ0n) is 6.74. The van der Waals surface area contributed by atoms with Crippen molar-refractivity contribution >= 4 is 15.9 Å². The van der Waals surface area contributed by atoms with Gasteiger partial charge in [-0.3, -0.25) is 4.90 Å². The van der Waals surface area contributed by atoms with Crippen LogP contribution in [0.5, 0.6) is 0 Å². The van der Waals surface area contributed by atoms with Crippen LogP contribution in [0.25, 0.3) is 0 Å². The molecule has 1 N–H and O–H groups in total. The van der Waals surface area contributed by atoms with E-state index in [2.05, 4.69) is 39.8 Å². The predicted molar refractivity (Wildman–Crippen MR) is 48.4 cm³/mol. The molecule has 1 aromatic rings. The Kier molecular flexibility index (Phi) is 1.58. The lowest BCUT2D eigenvalue weighted by atomic mass is 10.3. The minimum absolute atomic E-state index is 1.06. The summed E-state index contributed by atoms with van der Waals surface area (Å²) < 4.78 is 1.26. The van der Waals surface area contributed by atoms with Crippen LogP contribution in [0.2, 0.25) is 0 Å². The number of aryl methyl sites for hydroxylation is 1. The van der Waals surface area contributed by atoms with Gasteiger partial charge in [0.25, 0.3) is 0 Å². The summed E-state index contributed by atoms with van der Waals surface area (Å²) in [5.74, 6) is 0. The third-order valence-electron chi connectivity index (χ3n) is 2.15. The Bertz CT molecular complexity index is 291. The highest BCUT2D eigenvalue weighted by Gasteiger charge is 2.21. The maximum absolute atomic E-state index is 3.57. The SMILES string of the molecule is Cc1[nH]c2c(c1Br)CN(C)C2. The van der Waals surface area contributed by atoms with Gasteiger partial charge in [0.15, 0.2) is 0 Å². The third-order valence-corrected chi connectivity index (χ3v) is 3.23. The fraction of sp³-hybridized carbons (Fsp3) is 0.500. The molecule has 0 spiro atoms. The largest absolute Gasteiger partial charge is 0.360 e. The van der Waals surface area contributed by atoms with Gasteiger partial charge in [-0.1, -0.05) is 0 Å². The summed E-state index contributed by atoms with van der Waals surface area (Å²) in [5, 5.41) is 0. The van der Waals surface area contributed by atoms with Gasteiger partial charge in [0.2, 0.25) is 0 Å². The van der Waals surface area contributed by atoms with E-state index >= 15 is 0 Å². The molecular formula is C8H11BrN2. The summed E-state index contributed by atoms with van der Waals surface area (Å²) in [6, 6.07) is 0. The molecule has 0 saturated heterocycles. The molecule has 0 saturated carbocycles.